The number of nitrogens with one attached hydrogen (secondary N) is 1. The highest BCUT2D eigenvalue weighted by atomic mass is 16.2. The Balaban J connectivity index is 4.18. The normalized spacial score (nSPS) is 12.9. The third-order valence-corrected chi connectivity index (χ3v) is 2.12. The summed E-state index contributed by atoms with van der Waals surface area (Å²) < 4.78 is 0. The van der Waals surface area contributed by atoms with Crippen molar-refractivity contribution < 1.29 is 9.59 Å². The van der Waals surface area contributed by atoms with Crippen LogP contribution in [0.25, 0.3) is 0 Å². The molecule has 0 aromatic rings. The van der Waals surface area contributed by atoms with Gasteiger partial charge in [-0.2, -0.15) is 0 Å². The number of likely N-dealkylation sites (N-methyl/N-ethyl adjacent to an activating group) is 1. The highest BCUT2D eigenvalue weighted by Gasteiger charge is 2.15. The van der Waals surface area contributed by atoms with Crippen molar-refractivity contribution in [3.63, 3.8) is 0 Å². The van der Waals surface area contributed by atoms with E-state index >= 15 is 0 Å². The zero-order valence-electron chi connectivity index (χ0n) is 11.0. The number of hydrogen-bond acceptors (Lipinski definition) is 3. The molecule has 94 valence electrons. The first-order chi connectivity index (χ1) is 7.31. The molecule has 0 fully saturated rings. The summed E-state index contributed by atoms with van der Waals surface area (Å²) in [6.45, 7) is 6.49. The Morgan fingerprint density at radius 3 is 2.19 bits per heavy atom. The van der Waals surface area contributed by atoms with E-state index in [9.17, 15) is 9.59 Å². The molecule has 16 heavy (non-hydrogen) atoms. The SMILES string of the molecule is CC(=O)CC(=O)NC(CC(C)C)CN(C)C. The van der Waals surface area contributed by atoms with Gasteiger partial charge in [0.05, 0.1) is 6.42 Å². The van der Waals surface area contributed by atoms with Gasteiger partial charge in [-0.25, -0.2) is 0 Å². The molecular weight excluding hydrogens is 204 g/mol. The van der Waals surface area contributed by atoms with Crippen LogP contribution >= 0.6 is 0 Å². The minimum Gasteiger partial charge on any atom is -0.352 e. The molecular formula is C12H24N2O2. The summed E-state index contributed by atoms with van der Waals surface area (Å²) in [6.07, 6.45) is 0.920. The van der Waals surface area contributed by atoms with Gasteiger partial charge in [-0.3, -0.25) is 9.59 Å². The molecule has 0 bridgehead atoms. The topological polar surface area (TPSA) is 49.4 Å². The zero-order chi connectivity index (χ0) is 12.7. The molecule has 0 saturated carbocycles. The van der Waals surface area contributed by atoms with Crippen molar-refractivity contribution in [1.29, 1.82) is 0 Å². The Morgan fingerprint density at radius 1 is 1.25 bits per heavy atom. The van der Waals surface area contributed by atoms with Crippen LogP contribution < -0.4 is 5.32 Å². The number of nitrogens with zero attached hydrogens (tertiary/aromatic N) is 1. The van der Waals surface area contributed by atoms with E-state index in [1.54, 1.807) is 0 Å². The van der Waals surface area contributed by atoms with E-state index in [1.807, 2.05) is 19.0 Å². The van der Waals surface area contributed by atoms with Crippen molar-refractivity contribution in [2.24, 2.45) is 5.92 Å². The first-order valence-corrected chi connectivity index (χ1v) is 5.74. The molecule has 0 aliphatic heterocycles. The molecule has 0 radical (unpaired) electrons. The molecule has 4 nitrogen and oxygen atoms in total. The molecule has 0 saturated heterocycles. The maximum absolute atomic E-state index is 11.5. The number of carbonyl (C=O) groups is 2. The number of Topliss-reactive ketones (excluding diaryl/α,β-unsaturated/α-hetero) is 1. The van der Waals surface area contributed by atoms with E-state index in [-0.39, 0.29) is 24.2 Å². The second-order valence-corrected chi connectivity index (χ2v) is 5.04. The second-order valence-electron chi connectivity index (χ2n) is 5.04. The Labute approximate surface area is 98.4 Å². The molecule has 4 heteroatoms. The minimum atomic E-state index is -0.167. The summed E-state index contributed by atoms with van der Waals surface area (Å²) in [5.41, 5.74) is 0. The van der Waals surface area contributed by atoms with Gasteiger partial charge in [0.15, 0.2) is 0 Å². The van der Waals surface area contributed by atoms with Crippen LogP contribution in [0.3, 0.4) is 0 Å². The average Bonchev–Trinajstić information content (AvgIpc) is 1.97. The van der Waals surface area contributed by atoms with Gasteiger partial charge in [-0.15, -0.1) is 0 Å². The summed E-state index contributed by atoms with van der Waals surface area (Å²) >= 11 is 0. The van der Waals surface area contributed by atoms with Gasteiger partial charge in [0.2, 0.25) is 5.91 Å². The molecule has 0 rings (SSSR count). The number of hydrogen-bond donors (Lipinski definition) is 1. The first kappa shape index (κ1) is 15.1. The standard InChI is InChI=1S/C12H24N2O2/c1-9(2)6-11(8-14(4)5)13-12(16)7-10(3)15/h9,11H,6-8H2,1-5H3,(H,13,16). The minimum absolute atomic E-state index is 0.0119. The number of ketones is 1. The average molecular weight is 228 g/mol. The lowest BCUT2D eigenvalue weighted by molar-refractivity contribution is -0.127. The Hall–Kier alpha value is -0.900. The van der Waals surface area contributed by atoms with Crippen molar-refractivity contribution in [3.05, 3.63) is 0 Å². The van der Waals surface area contributed by atoms with Crippen LogP contribution in [-0.2, 0) is 9.59 Å². The predicted molar refractivity (Wildman–Crippen MR) is 65.2 cm³/mol. The summed E-state index contributed by atoms with van der Waals surface area (Å²) in [6, 6.07) is 0.127. The third-order valence-electron chi connectivity index (χ3n) is 2.12. The van der Waals surface area contributed by atoms with E-state index in [0.717, 1.165) is 13.0 Å². The van der Waals surface area contributed by atoms with Crippen LogP contribution in [0.4, 0.5) is 0 Å². The van der Waals surface area contributed by atoms with E-state index in [0.29, 0.717) is 5.92 Å². The highest BCUT2D eigenvalue weighted by Crippen LogP contribution is 2.05. The quantitative estimate of drug-likeness (QED) is 0.663. The molecule has 0 aromatic heterocycles. The fraction of sp³-hybridized carbons (Fsp3) is 0.833. The van der Waals surface area contributed by atoms with Crippen LogP contribution in [0.15, 0.2) is 0 Å². The summed E-state index contributed by atoms with van der Waals surface area (Å²) in [5.74, 6) is 0.272. The van der Waals surface area contributed by atoms with Gasteiger partial charge in [0.25, 0.3) is 0 Å². The maximum atomic E-state index is 11.5. The van der Waals surface area contributed by atoms with Crippen molar-refractivity contribution in [1.82, 2.24) is 10.2 Å². The van der Waals surface area contributed by atoms with E-state index in [1.165, 1.54) is 6.92 Å². The second kappa shape index (κ2) is 7.39. The van der Waals surface area contributed by atoms with Crippen molar-refractivity contribution >= 4 is 11.7 Å². The number of carbonyl (C=O) groups excluding carboxylic acids is 2. The predicted octanol–water partition coefficient (Wildman–Crippen LogP) is 1.06. The fourth-order valence-electron chi connectivity index (χ4n) is 1.69. The summed E-state index contributed by atoms with van der Waals surface area (Å²) in [7, 11) is 3.95. The molecule has 0 heterocycles. The lowest BCUT2D eigenvalue weighted by Crippen LogP contribution is -2.42. The molecule has 1 unspecified atom stereocenters. The van der Waals surface area contributed by atoms with Gasteiger partial charge in [0.1, 0.15) is 5.78 Å². The Morgan fingerprint density at radius 2 is 1.81 bits per heavy atom. The maximum Gasteiger partial charge on any atom is 0.227 e. The van der Waals surface area contributed by atoms with Crippen LogP contribution in [0.2, 0.25) is 0 Å². The number of amides is 1. The lowest BCUT2D eigenvalue weighted by Gasteiger charge is -2.23. The molecule has 1 atom stereocenters. The highest BCUT2D eigenvalue weighted by molar-refractivity contribution is 5.96. The van der Waals surface area contributed by atoms with Crippen LogP contribution in [-0.4, -0.2) is 43.3 Å². The third kappa shape index (κ3) is 8.41. The van der Waals surface area contributed by atoms with Crippen molar-refractivity contribution in [2.75, 3.05) is 20.6 Å². The first-order valence-electron chi connectivity index (χ1n) is 5.74. The molecule has 0 aliphatic rings. The van der Waals surface area contributed by atoms with Gasteiger partial charge >= 0.3 is 0 Å². The molecule has 0 spiro atoms. The van der Waals surface area contributed by atoms with E-state index in [4.69, 9.17) is 0 Å². The van der Waals surface area contributed by atoms with E-state index < -0.39 is 0 Å². The van der Waals surface area contributed by atoms with Gasteiger partial charge in [0, 0.05) is 12.6 Å². The van der Waals surface area contributed by atoms with Gasteiger partial charge in [-0.1, -0.05) is 13.8 Å². The number of rotatable bonds is 7. The van der Waals surface area contributed by atoms with E-state index in [2.05, 4.69) is 19.2 Å². The largest absolute Gasteiger partial charge is 0.352 e. The lowest BCUT2D eigenvalue weighted by atomic mass is 10.0. The zero-order valence-corrected chi connectivity index (χ0v) is 11.0. The summed E-state index contributed by atoms with van der Waals surface area (Å²) in [5, 5.41) is 2.91. The van der Waals surface area contributed by atoms with Gasteiger partial charge < -0.3 is 10.2 Å². The molecule has 1 amide bonds. The molecule has 0 aliphatic carbocycles. The van der Waals surface area contributed by atoms with Crippen molar-refractivity contribution in [3.8, 4) is 0 Å². The molecule has 1 N–H and O–H groups in total. The monoisotopic (exact) mass is 228 g/mol. The van der Waals surface area contributed by atoms with Crippen LogP contribution in [0, 0.1) is 5.92 Å². The van der Waals surface area contributed by atoms with Crippen LogP contribution in [0.1, 0.15) is 33.6 Å². The van der Waals surface area contributed by atoms with Crippen molar-refractivity contribution in [2.45, 2.75) is 39.7 Å². The molecule has 0 aromatic carbocycles. The van der Waals surface area contributed by atoms with Gasteiger partial charge in [-0.05, 0) is 33.4 Å². The smallest absolute Gasteiger partial charge is 0.227 e. The summed E-state index contributed by atoms with van der Waals surface area (Å²) in [4.78, 5) is 24.3. The Kier molecular flexibility index (Phi) is 6.97. The van der Waals surface area contributed by atoms with Crippen LogP contribution in [0.5, 0.6) is 0 Å². The fourth-order valence-corrected chi connectivity index (χ4v) is 1.69. The Bertz CT molecular complexity index is 227.